The molecule has 3 fully saturated rings. The van der Waals surface area contributed by atoms with E-state index < -0.39 is 28.9 Å². The number of nitriles is 1. The highest BCUT2D eigenvalue weighted by Gasteiger charge is 2.60. The summed E-state index contributed by atoms with van der Waals surface area (Å²) >= 11 is 5.61. The number of likely N-dealkylation sites (tertiary alicyclic amines) is 1. The number of carbonyl (C=O) groups is 1. The van der Waals surface area contributed by atoms with Crippen LogP contribution >= 0.6 is 12.2 Å². The van der Waals surface area contributed by atoms with Crippen LogP contribution in [0.5, 0.6) is 5.88 Å². The van der Waals surface area contributed by atoms with Crippen molar-refractivity contribution in [2.75, 3.05) is 36.1 Å². The Morgan fingerprint density at radius 1 is 1.16 bits per heavy atom. The minimum absolute atomic E-state index is 0.0186. The number of nitrogens with zero attached hydrogens (tertiary/aromatic N) is 6. The molecule has 1 spiro atoms. The van der Waals surface area contributed by atoms with Crippen molar-refractivity contribution < 1.29 is 27.1 Å². The summed E-state index contributed by atoms with van der Waals surface area (Å²) in [5.74, 6) is -0.0338. The molecule has 8 nitrogen and oxygen atoms in total. The predicted octanol–water partition coefficient (Wildman–Crippen LogP) is 4.24. The number of hydrogen-bond acceptors (Lipinski definition) is 7. The van der Waals surface area contributed by atoms with E-state index in [2.05, 4.69) is 9.97 Å². The van der Waals surface area contributed by atoms with Crippen molar-refractivity contribution in [1.29, 1.82) is 5.26 Å². The van der Waals surface area contributed by atoms with E-state index in [4.69, 9.17) is 22.2 Å². The van der Waals surface area contributed by atoms with Crippen LogP contribution in [0.25, 0.3) is 0 Å². The number of rotatable bonds is 6. The van der Waals surface area contributed by atoms with E-state index in [1.165, 1.54) is 12.3 Å². The number of piperidine rings is 1. The second-order valence-electron chi connectivity index (χ2n) is 9.55. The second-order valence-corrected chi connectivity index (χ2v) is 9.91. The maximum absolute atomic E-state index is 13.6. The van der Waals surface area contributed by atoms with Gasteiger partial charge in [0.2, 0.25) is 5.88 Å². The summed E-state index contributed by atoms with van der Waals surface area (Å²) in [5.41, 5.74) is -2.65. The number of ether oxygens (including phenoxy) is 1. The van der Waals surface area contributed by atoms with E-state index in [0.29, 0.717) is 31.0 Å². The zero-order chi connectivity index (χ0) is 27.1. The van der Waals surface area contributed by atoms with Crippen LogP contribution in [-0.4, -0.2) is 63.8 Å². The molecule has 0 unspecified atom stereocenters. The Morgan fingerprint density at radius 3 is 2.42 bits per heavy atom. The first-order chi connectivity index (χ1) is 18.2. The van der Waals surface area contributed by atoms with E-state index in [1.54, 1.807) is 17.0 Å². The Kier molecular flexibility index (Phi) is 6.96. The van der Waals surface area contributed by atoms with E-state index in [-0.39, 0.29) is 23.6 Å². The van der Waals surface area contributed by atoms with Gasteiger partial charge in [0.05, 0.1) is 29.3 Å². The first-order valence-corrected chi connectivity index (χ1v) is 12.7. The molecule has 2 aromatic rings. The minimum atomic E-state index is -4.82. The summed E-state index contributed by atoms with van der Waals surface area (Å²) < 4.78 is 59.2. The summed E-state index contributed by atoms with van der Waals surface area (Å²) in [5, 5.41) is 9.08. The molecule has 0 radical (unpaired) electrons. The molecule has 2 aliphatic heterocycles. The van der Waals surface area contributed by atoms with Gasteiger partial charge in [-0.05, 0) is 56.5 Å². The van der Waals surface area contributed by atoms with Gasteiger partial charge in [-0.25, -0.2) is 14.4 Å². The topological polar surface area (TPSA) is 85.6 Å². The van der Waals surface area contributed by atoms with Crippen molar-refractivity contribution in [2.24, 2.45) is 0 Å². The van der Waals surface area contributed by atoms with Crippen LogP contribution in [0.3, 0.4) is 0 Å². The van der Waals surface area contributed by atoms with Crippen molar-refractivity contribution >= 4 is 34.6 Å². The monoisotopic (exact) mass is 548 g/mol. The fourth-order valence-corrected chi connectivity index (χ4v) is 5.67. The molecule has 38 heavy (non-hydrogen) atoms. The van der Waals surface area contributed by atoms with Crippen molar-refractivity contribution in [3.63, 3.8) is 0 Å². The lowest BCUT2D eigenvalue weighted by Crippen LogP contribution is -2.55. The molecule has 1 amide bonds. The lowest BCUT2D eigenvalue weighted by molar-refractivity contribution is -0.138. The molecule has 1 aliphatic carbocycles. The van der Waals surface area contributed by atoms with Crippen LogP contribution in [0.1, 0.15) is 43.4 Å². The molecule has 2 aromatic heterocycles. The average molecular weight is 549 g/mol. The molecule has 13 heteroatoms. The Labute approximate surface area is 221 Å². The van der Waals surface area contributed by atoms with Gasteiger partial charge in [0.15, 0.2) is 10.8 Å². The van der Waals surface area contributed by atoms with Crippen LogP contribution in [0.4, 0.5) is 28.9 Å². The standard InChI is InChI=1S/C25H24F4N6O2S/c26-8-11-33-9-4-18(5-10-33)37-21-3-2-16(14-32-21)35-23(38)34(22(36)24(35)6-1-7-24)17-12-19(25(27,28)29)20(13-30)31-15-17/h2-3,12,14-15,18H,1,4-11H2. The second kappa shape index (κ2) is 10.1. The van der Waals surface area contributed by atoms with Crippen molar-refractivity contribution in [3.8, 4) is 11.9 Å². The number of aromatic nitrogens is 2. The maximum atomic E-state index is 13.6. The highest BCUT2D eigenvalue weighted by Crippen LogP contribution is 2.48. The van der Waals surface area contributed by atoms with Gasteiger partial charge in [-0.3, -0.25) is 9.69 Å². The third-order valence-corrected chi connectivity index (χ3v) is 7.70. The largest absolute Gasteiger partial charge is 0.474 e. The molecule has 200 valence electrons. The predicted molar refractivity (Wildman–Crippen MR) is 133 cm³/mol. The van der Waals surface area contributed by atoms with E-state index in [9.17, 15) is 22.4 Å². The highest BCUT2D eigenvalue weighted by molar-refractivity contribution is 7.81. The third-order valence-electron chi connectivity index (χ3n) is 7.34. The molecule has 4 heterocycles. The van der Waals surface area contributed by atoms with Gasteiger partial charge in [0, 0.05) is 25.7 Å². The van der Waals surface area contributed by atoms with Crippen LogP contribution < -0.4 is 14.5 Å². The van der Waals surface area contributed by atoms with Gasteiger partial charge in [0.1, 0.15) is 24.4 Å². The SMILES string of the molecule is N#Cc1ncc(N2C(=O)C3(CCC3)N(c3ccc(OC4CCN(CCF)CC4)nc3)C2=S)cc1C(F)(F)F. The van der Waals surface area contributed by atoms with Gasteiger partial charge in [-0.15, -0.1) is 0 Å². The summed E-state index contributed by atoms with van der Waals surface area (Å²) in [6.07, 6.45) is 0.955. The van der Waals surface area contributed by atoms with Crippen molar-refractivity contribution in [3.05, 3.63) is 41.9 Å². The Balaban J connectivity index is 1.38. The molecular formula is C25H24F4N6O2S. The third kappa shape index (κ3) is 4.56. The molecule has 1 saturated carbocycles. The number of alkyl halides is 4. The molecule has 0 bridgehead atoms. The normalized spacial score (nSPS) is 20.1. The fraction of sp³-hybridized carbons (Fsp3) is 0.480. The molecule has 3 aliphatic rings. The summed E-state index contributed by atoms with van der Waals surface area (Å²) in [7, 11) is 0. The number of anilines is 2. The van der Waals surface area contributed by atoms with Crippen LogP contribution in [-0.2, 0) is 11.0 Å². The van der Waals surface area contributed by atoms with Gasteiger partial charge < -0.3 is 14.5 Å². The first kappa shape index (κ1) is 26.2. The Hall–Kier alpha value is -3.37. The first-order valence-electron chi connectivity index (χ1n) is 12.2. The Bertz CT molecular complexity index is 1270. The average Bonchev–Trinajstić information content (AvgIpc) is 3.11. The van der Waals surface area contributed by atoms with E-state index in [0.717, 1.165) is 49.5 Å². The van der Waals surface area contributed by atoms with E-state index >= 15 is 0 Å². The molecule has 5 rings (SSSR count). The molecule has 2 saturated heterocycles. The summed E-state index contributed by atoms with van der Waals surface area (Å²) in [6.45, 7) is 1.54. The van der Waals surface area contributed by atoms with Crippen LogP contribution in [0.15, 0.2) is 30.6 Å². The number of hydrogen-bond donors (Lipinski definition) is 0. The summed E-state index contributed by atoms with van der Waals surface area (Å²) in [4.78, 5) is 26.4. The van der Waals surface area contributed by atoms with Crippen molar-refractivity contribution in [2.45, 2.75) is 49.9 Å². The zero-order valence-corrected chi connectivity index (χ0v) is 21.1. The van der Waals surface area contributed by atoms with Gasteiger partial charge in [-0.1, -0.05) is 0 Å². The van der Waals surface area contributed by atoms with Gasteiger partial charge in [0.25, 0.3) is 5.91 Å². The number of amides is 1. The zero-order valence-electron chi connectivity index (χ0n) is 20.2. The molecule has 0 aromatic carbocycles. The van der Waals surface area contributed by atoms with Crippen LogP contribution in [0, 0.1) is 11.3 Å². The number of pyridine rings is 2. The van der Waals surface area contributed by atoms with Gasteiger partial charge >= 0.3 is 6.18 Å². The highest BCUT2D eigenvalue weighted by atomic mass is 32.1. The Morgan fingerprint density at radius 2 is 1.87 bits per heavy atom. The lowest BCUT2D eigenvalue weighted by atomic mass is 9.75. The molecule has 0 N–H and O–H groups in total. The lowest BCUT2D eigenvalue weighted by Gasteiger charge is -2.42. The van der Waals surface area contributed by atoms with E-state index in [1.807, 2.05) is 4.90 Å². The summed E-state index contributed by atoms with van der Waals surface area (Å²) in [6, 6.07) is 5.58. The maximum Gasteiger partial charge on any atom is 0.419 e. The van der Waals surface area contributed by atoms with Crippen molar-refractivity contribution in [1.82, 2.24) is 14.9 Å². The minimum Gasteiger partial charge on any atom is -0.474 e. The number of thiocarbonyl (C=S) groups is 1. The fourth-order valence-electron chi connectivity index (χ4n) is 5.20. The molecular weight excluding hydrogens is 524 g/mol. The van der Waals surface area contributed by atoms with Crippen LogP contribution in [0.2, 0.25) is 0 Å². The number of halogens is 4. The quantitative estimate of drug-likeness (QED) is 0.392. The molecule has 0 atom stereocenters. The smallest absolute Gasteiger partial charge is 0.419 e. The van der Waals surface area contributed by atoms with Gasteiger partial charge in [-0.2, -0.15) is 18.4 Å². The number of carbonyl (C=O) groups excluding carboxylic acids is 1.